The third kappa shape index (κ3) is 20.6. The second-order valence-corrected chi connectivity index (χ2v) is 3.45. The van der Waals surface area contributed by atoms with Gasteiger partial charge < -0.3 is 19.7 Å². The van der Waals surface area contributed by atoms with Crippen molar-refractivity contribution in [1.29, 1.82) is 0 Å². The quantitative estimate of drug-likeness (QED) is 0.554. The number of hydrogen-bond acceptors (Lipinski definition) is 4. The molecule has 1 unspecified atom stereocenters. The Morgan fingerprint density at radius 3 is 2.06 bits per heavy atom. The lowest BCUT2D eigenvalue weighted by Gasteiger charge is -2.07. The van der Waals surface area contributed by atoms with Crippen molar-refractivity contribution in [3.63, 3.8) is 0 Å². The third-order valence-electron chi connectivity index (χ3n) is 1.72. The second kappa shape index (κ2) is 12.6. The summed E-state index contributed by atoms with van der Waals surface area (Å²) in [7, 11) is 0. The first-order chi connectivity index (χ1) is 7.93. The highest BCUT2D eigenvalue weighted by Gasteiger charge is 2.04. The van der Waals surface area contributed by atoms with Gasteiger partial charge in [-0.15, -0.1) is 0 Å². The fourth-order valence-corrected chi connectivity index (χ4v) is 0.941. The van der Waals surface area contributed by atoms with E-state index in [9.17, 15) is 9.59 Å². The molecule has 0 rings (SSSR count). The molecule has 0 saturated heterocycles. The van der Waals surface area contributed by atoms with E-state index in [1.165, 1.54) is 0 Å². The lowest BCUT2D eigenvalue weighted by atomic mass is 10.2. The molecular formula is C11H22O6. The molecule has 1 atom stereocenters. The van der Waals surface area contributed by atoms with E-state index in [4.69, 9.17) is 10.2 Å². The van der Waals surface area contributed by atoms with Crippen LogP contribution in [0.25, 0.3) is 0 Å². The van der Waals surface area contributed by atoms with Crippen molar-refractivity contribution in [1.82, 2.24) is 0 Å². The summed E-state index contributed by atoms with van der Waals surface area (Å²) in [5.74, 6) is 0. The van der Waals surface area contributed by atoms with Crippen LogP contribution in [0.15, 0.2) is 0 Å². The Morgan fingerprint density at radius 1 is 1.12 bits per heavy atom. The minimum absolute atomic E-state index is 0.160. The molecular weight excluding hydrogens is 228 g/mol. The van der Waals surface area contributed by atoms with Gasteiger partial charge in [-0.2, -0.15) is 0 Å². The summed E-state index contributed by atoms with van der Waals surface area (Å²) >= 11 is 0. The van der Waals surface area contributed by atoms with Gasteiger partial charge in [-0.1, -0.05) is 26.7 Å². The molecule has 0 spiro atoms. The molecule has 0 bridgehead atoms. The van der Waals surface area contributed by atoms with Crippen molar-refractivity contribution < 1.29 is 29.3 Å². The second-order valence-electron chi connectivity index (χ2n) is 3.45. The monoisotopic (exact) mass is 250 g/mol. The van der Waals surface area contributed by atoms with Crippen LogP contribution in [-0.4, -0.2) is 35.2 Å². The predicted molar refractivity (Wildman–Crippen MR) is 62.4 cm³/mol. The summed E-state index contributed by atoms with van der Waals surface area (Å²) in [5, 5.41) is 16.0. The van der Waals surface area contributed by atoms with Gasteiger partial charge in [0.15, 0.2) is 0 Å². The fraction of sp³-hybridized carbons (Fsp3) is 0.818. The standard InChI is InChI=1S/C6H12O3.C5H10O3/c1-3-4-5(2)9-6(7)8;1-2-3-4-8-5(6)7/h5H,3-4H2,1-2H3,(H,7,8);2-4H2,1H3,(H,6,7). The van der Waals surface area contributed by atoms with E-state index in [0.29, 0.717) is 6.61 Å². The predicted octanol–water partition coefficient (Wildman–Crippen LogP) is 3.35. The Balaban J connectivity index is 0. The molecule has 0 fully saturated rings. The zero-order chi connectivity index (χ0) is 13.7. The van der Waals surface area contributed by atoms with Crippen LogP contribution in [0.3, 0.4) is 0 Å². The number of ether oxygens (including phenoxy) is 2. The molecule has 0 aromatic heterocycles. The number of rotatable bonds is 6. The van der Waals surface area contributed by atoms with Crippen LogP contribution in [0.2, 0.25) is 0 Å². The minimum Gasteiger partial charge on any atom is -0.450 e. The molecule has 0 aromatic carbocycles. The highest BCUT2D eigenvalue weighted by molar-refractivity contribution is 5.57. The Labute approximate surface area is 102 Å². The molecule has 0 amide bonds. The SMILES string of the molecule is CCCC(C)OC(=O)O.CCCCOC(=O)O. The van der Waals surface area contributed by atoms with Crippen molar-refractivity contribution in [2.24, 2.45) is 0 Å². The molecule has 6 heteroatoms. The van der Waals surface area contributed by atoms with Gasteiger partial charge in [-0.25, -0.2) is 9.59 Å². The maximum absolute atomic E-state index is 9.86. The molecule has 0 saturated carbocycles. The Bertz CT molecular complexity index is 204. The average Bonchev–Trinajstić information content (AvgIpc) is 2.17. The van der Waals surface area contributed by atoms with Crippen LogP contribution in [0.1, 0.15) is 46.5 Å². The lowest BCUT2D eigenvalue weighted by Crippen LogP contribution is -2.11. The van der Waals surface area contributed by atoms with Gasteiger partial charge in [-0.3, -0.25) is 0 Å². The third-order valence-corrected chi connectivity index (χ3v) is 1.72. The highest BCUT2D eigenvalue weighted by Crippen LogP contribution is 1.99. The lowest BCUT2D eigenvalue weighted by molar-refractivity contribution is 0.0555. The molecule has 0 aromatic rings. The van der Waals surface area contributed by atoms with Gasteiger partial charge in [0, 0.05) is 0 Å². The van der Waals surface area contributed by atoms with Gasteiger partial charge in [0.05, 0.1) is 6.61 Å². The van der Waals surface area contributed by atoms with E-state index in [-0.39, 0.29) is 6.10 Å². The summed E-state index contributed by atoms with van der Waals surface area (Å²) in [6.45, 7) is 6.04. The first-order valence-corrected chi connectivity index (χ1v) is 5.69. The van der Waals surface area contributed by atoms with Crippen LogP contribution < -0.4 is 0 Å². The molecule has 0 heterocycles. The fourth-order valence-electron chi connectivity index (χ4n) is 0.941. The van der Waals surface area contributed by atoms with Gasteiger partial charge in [0.1, 0.15) is 6.10 Å². The average molecular weight is 250 g/mol. The van der Waals surface area contributed by atoms with E-state index < -0.39 is 12.3 Å². The molecule has 6 nitrogen and oxygen atoms in total. The number of carboxylic acid groups (broad SMARTS) is 2. The first-order valence-electron chi connectivity index (χ1n) is 5.69. The summed E-state index contributed by atoms with van der Waals surface area (Å²) in [6, 6.07) is 0. The summed E-state index contributed by atoms with van der Waals surface area (Å²) in [5.41, 5.74) is 0. The molecule has 0 aliphatic rings. The maximum Gasteiger partial charge on any atom is 0.506 e. The van der Waals surface area contributed by atoms with Crippen molar-refractivity contribution in [2.75, 3.05) is 6.61 Å². The molecule has 0 aliphatic heterocycles. The molecule has 17 heavy (non-hydrogen) atoms. The van der Waals surface area contributed by atoms with Gasteiger partial charge in [0.25, 0.3) is 0 Å². The van der Waals surface area contributed by atoms with Crippen molar-refractivity contribution in [2.45, 2.75) is 52.6 Å². The molecule has 102 valence electrons. The van der Waals surface area contributed by atoms with Crippen LogP contribution >= 0.6 is 0 Å². The van der Waals surface area contributed by atoms with Gasteiger partial charge in [0.2, 0.25) is 0 Å². The smallest absolute Gasteiger partial charge is 0.450 e. The molecule has 0 radical (unpaired) electrons. The number of hydrogen-bond donors (Lipinski definition) is 2. The van der Waals surface area contributed by atoms with Crippen molar-refractivity contribution >= 4 is 12.3 Å². The summed E-state index contributed by atoms with van der Waals surface area (Å²) < 4.78 is 8.61. The van der Waals surface area contributed by atoms with Crippen LogP contribution in [0.5, 0.6) is 0 Å². The Morgan fingerprint density at radius 2 is 1.71 bits per heavy atom. The van der Waals surface area contributed by atoms with Crippen molar-refractivity contribution in [3.05, 3.63) is 0 Å². The molecule has 2 N–H and O–H groups in total. The largest absolute Gasteiger partial charge is 0.506 e. The highest BCUT2D eigenvalue weighted by atomic mass is 16.7. The van der Waals surface area contributed by atoms with E-state index in [2.05, 4.69) is 9.47 Å². The van der Waals surface area contributed by atoms with E-state index >= 15 is 0 Å². The normalized spacial score (nSPS) is 10.8. The Hall–Kier alpha value is -1.46. The maximum atomic E-state index is 9.86. The zero-order valence-electron chi connectivity index (χ0n) is 10.6. The van der Waals surface area contributed by atoms with Gasteiger partial charge in [-0.05, 0) is 19.8 Å². The van der Waals surface area contributed by atoms with Crippen LogP contribution in [0, 0.1) is 0 Å². The van der Waals surface area contributed by atoms with E-state index in [1.54, 1.807) is 6.92 Å². The molecule has 0 aliphatic carbocycles. The summed E-state index contributed by atoms with van der Waals surface area (Å²) in [6.07, 6.45) is 1.00. The van der Waals surface area contributed by atoms with E-state index in [0.717, 1.165) is 25.7 Å². The van der Waals surface area contributed by atoms with Crippen LogP contribution in [0.4, 0.5) is 9.59 Å². The Kier molecular flexibility index (Phi) is 13.3. The zero-order valence-corrected chi connectivity index (χ0v) is 10.6. The van der Waals surface area contributed by atoms with Crippen molar-refractivity contribution in [3.8, 4) is 0 Å². The summed E-state index contributed by atoms with van der Waals surface area (Å²) in [4.78, 5) is 19.5. The van der Waals surface area contributed by atoms with E-state index in [1.807, 2.05) is 13.8 Å². The number of carbonyl (C=O) groups is 2. The van der Waals surface area contributed by atoms with Gasteiger partial charge >= 0.3 is 12.3 Å². The first kappa shape index (κ1) is 17.9. The van der Waals surface area contributed by atoms with Crippen LogP contribution in [-0.2, 0) is 9.47 Å². The topological polar surface area (TPSA) is 93.1 Å². The minimum atomic E-state index is -1.18. The number of unbranched alkanes of at least 4 members (excludes halogenated alkanes) is 1.